The van der Waals surface area contributed by atoms with Gasteiger partial charge in [0.15, 0.2) is 0 Å². The number of nitrogens with zero attached hydrogens (tertiary/aromatic N) is 1. The number of carbonyl (C=O) groups is 1. The third kappa shape index (κ3) is 2.50. The number of hydrogen-bond acceptors (Lipinski definition) is 3. The lowest BCUT2D eigenvalue weighted by molar-refractivity contribution is -0.163. The van der Waals surface area contributed by atoms with Gasteiger partial charge < -0.3 is 10.6 Å². The zero-order valence-electron chi connectivity index (χ0n) is 10.6. The van der Waals surface area contributed by atoms with Crippen molar-refractivity contribution in [2.45, 2.75) is 31.5 Å². The van der Waals surface area contributed by atoms with E-state index in [0.717, 1.165) is 0 Å². The highest BCUT2D eigenvalue weighted by molar-refractivity contribution is 6.00. The highest BCUT2D eigenvalue weighted by Gasteiger charge is 2.64. The third-order valence-corrected chi connectivity index (χ3v) is 3.20. The summed E-state index contributed by atoms with van der Waals surface area (Å²) in [6, 6.07) is 1.61. The Kier molecular flexibility index (Phi) is 3.15. The lowest BCUT2D eigenvalue weighted by atomic mass is 10.1. The van der Waals surface area contributed by atoms with Gasteiger partial charge in [0.2, 0.25) is 0 Å². The van der Waals surface area contributed by atoms with Gasteiger partial charge in [-0.2, -0.15) is 13.2 Å². The Bertz CT molecular complexity index is 509. The fourth-order valence-electron chi connectivity index (χ4n) is 1.84. The molecule has 0 atom stereocenters. The molecule has 0 bridgehead atoms. The van der Waals surface area contributed by atoms with Gasteiger partial charge >= 0.3 is 6.18 Å². The molecule has 1 aromatic rings. The van der Waals surface area contributed by atoms with E-state index in [9.17, 15) is 18.0 Å². The molecule has 0 unspecified atom stereocenters. The number of hydrogen-bond donors (Lipinski definition) is 2. The maximum atomic E-state index is 12.8. The monoisotopic (exact) mass is 273 g/mol. The first-order chi connectivity index (χ1) is 8.79. The predicted octanol–water partition coefficient (Wildman–Crippen LogP) is 2.26. The predicted molar refractivity (Wildman–Crippen MR) is 64.0 cm³/mol. The molecular weight excluding hydrogens is 259 g/mol. The number of alkyl halides is 3. The molecule has 2 rings (SSSR count). The second-order valence-corrected chi connectivity index (χ2v) is 4.66. The van der Waals surface area contributed by atoms with Crippen LogP contribution in [0.2, 0.25) is 0 Å². The Morgan fingerprint density at radius 2 is 2.05 bits per heavy atom. The number of aromatic nitrogens is 1. The minimum absolute atomic E-state index is 0.0730. The van der Waals surface area contributed by atoms with Crippen LogP contribution in [0.25, 0.3) is 0 Å². The molecule has 2 N–H and O–H groups in total. The summed E-state index contributed by atoms with van der Waals surface area (Å²) in [5.74, 6) is -0.758. The highest BCUT2D eigenvalue weighted by Crippen LogP contribution is 2.49. The van der Waals surface area contributed by atoms with Crippen LogP contribution in [-0.2, 0) is 0 Å². The van der Waals surface area contributed by atoms with E-state index in [1.807, 2.05) is 0 Å². The molecule has 1 aromatic heterocycles. The Morgan fingerprint density at radius 3 is 2.53 bits per heavy atom. The quantitative estimate of drug-likeness (QED) is 0.888. The first kappa shape index (κ1) is 13.6. The molecule has 0 spiro atoms. The molecule has 0 aliphatic heterocycles. The molecule has 19 heavy (non-hydrogen) atoms. The second kappa shape index (κ2) is 4.40. The Morgan fingerprint density at radius 1 is 1.42 bits per heavy atom. The molecule has 104 valence electrons. The van der Waals surface area contributed by atoms with E-state index >= 15 is 0 Å². The van der Waals surface area contributed by atoms with E-state index < -0.39 is 17.6 Å². The van der Waals surface area contributed by atoms with Crippen molar-refractivity contribution in [3.63, 3.8) is 0 Å². The molecule has 0 aromatic carbocycles. The summed E-state index contributed by atoms with van der Waals surface area (Å²) in [4.78, 5) is 15.9. The van der Waals surface area contributed by atoms with E-state index in [1.54, 1.807) is 20.0 Å². The second-order valence-electron chi connectivity index (χ2n) is 4.66. The van der Waals surface area contributed by atoms with Crippen molar-refractivity contribution in [1.82, 2.24) is 10.3 Å². The van der Waals surface area contributed by atoms with Crippen LogP contribution in [0.15, 0.2) is 12.3 Å². The van der Waals surface area contributed by atoms with E-state index in [4.69, 9.17) is 0 Å². The van der Waals surface area contributed by atoms with Gasteiger partial charge in [0.1, 0.15) is 5.54 Å². The Labute approximate surface area is 108 Å². The average molecular weight is 273 g/mol. The topological polar surface area (TPSA) is 54.0 Å². The zero-order chi connectivity index (χ0) is 14.3. The highest BCUT2D eigenvalue weighted by atomic mass is 19.4. The summed E-state index contributed by atoms with van der Waals surface area (Å²) >= 11 is 0. The number of nitrogens with one attached hydrogen (secondary N) is 2. The number of carbonyl (C=O) groups excluding carboxylic acids is 1. The van der Waals surface area contributed by atoms with Crippen molar-refractivity contribution < 1.29 is 18.0 Å². The van der Waals surface area contributed by atoms with Crippen molar-refractivity contribution in [3.05, 3.63) is 23.5 Å². The Balaban J connectivity index is 2.22. The van der Waals surface area contributed by atoms with Crippen LogP contribution >= 0.6 is 0 Å². The molecule has 1 heterocycles. The zero-order valence-corrected chi connectivity index (χ0v) is 10.6. The molecule has 1 aliphatic rings. The third-order valence-electron chi connectivity index (χ3n) is 3.20. The fourth-order valence-corrected chi connectivity index (χ4v) is 1.84. The van der Waals surface area contributed by atoms with Gasteiger partial charge in [-0.05, 0) is 25.8 Å². The summed E-state index contributed by atoms with van der Waals surface area (Å²) in [5.41, 5.74) is -0.801. The molecule has 1 saturated carbocycles. The van der Waals surface area contributed by atoms with Gasteiger partial charge in [0, 0.05) is 18.9 Å². The summed E-state index contributed by atoms with van der Waals surface area (Å²) in [7, 11) is 1.60. The van der Waals surface area contributed by atoms with Crippen LogP contribution in [0, 0.1) is 6.92 Å². The summed E-state index contributed by atoms with van der Waals surface area (Å²) in [6.45, 7) is 1.74. The SMILES string of the molecule is CNc1cc(C)ncc1C(=O)NC1(C(F)(F)F)CC1. The molecular formula is C12H14F3N3O. The van der Waals surface area contributed by atoms with Gasteiger partial charge in [-0.1, -0.05) is 0 Å². The van der Waals surface area contributed by atoms with Crippen LogP contribution in [0.5, 0.6) is 0 Å². The maximum Gasteiger partial charge on any atom is 0.411 e. The average Bonchev–Trinajstić information content (AvgIpc) is 3.08. The number of amides is 1. The minimum atomic E-state index is -4.42. The molecule has 1 aliphatic carbocycles. The lowest BCUT2D eigenvalue weighted by Gasteiger charge is -2.21. The van der Waals surface area contributed by atoms with Crippen LogP contribution in [0.4, 0.5) is 18.9 Å². The molecule has 4 nitrogen and oxygen atoms in total. The first-order valence-corrected chi connectivity index (χ1v) is 5.83. The van der Waals surface area contributed by atoms with Crippen molar-refractivity contribution in [2.24, 2.45) is 0 Å². The normalized spacial score (nSPS) is 16.9. The molecule has 7 heteroatoms. The lowest BCUT2D eigenvalue weighted by Crippen LogP contribution is -2.48. The van der Waals surface area contributed by atoms with Gasteiger partial charge in [0.25, 0.3) is 5.91 Å². The molecule has 1 fully saturated rings. The van der Waals surface area contributed by atoms with Gasteiger partial charge in [-0.25, -0.2) is 0 Å². The van der Waals surface area contributed by atoms with Gasteiger partial charge in [-0.15, -0.1) is 0 Å². The van der Waals surface area contributed by atoms with Crippen molar-refractivity contribution >= 4 is 11.6 Å². The molecule has 1 amide bonds. The Hall–Kier alpha value is -1.79. The molecule has 0 saturated heterocycles. The largest absolute Gasteiger partial charge is 0.411 e. The molecule has 0 radical (unpaired) electrons. The van der Waals surface area contributed by atoms with E-state index in [1.165, 1.54) is 6.20 Å². The first-order valence-electron chi connectivity index (χ1n) is 5.83. The minimum Gasteiger partial charge on any atom is -0.387 e. The van der Waals surface area contributed by atoms with Crippen molar-refractivity contribution in [1.29, 1.82) is 0 Å². The van der Waals surface area contributed by atoms with Crippen molar-refractivity contribution in [3.8, 4) is 0 Å². The smallest absolute Gasteiger partial charge is 0.387 e. The number of halogens is 3. The van der Waals surface area contributed by atoms with Crippen LogP contribution in [-0.4, -0.2) is 29.7 Å². The number of anilines is 1. The van der Waals surface area contributed by atoms with E-state index in [2.05, 4.69) is 15.6 Å². The summed E-state index contributed by atoms with van der Waals surface area (Å²) < 4.78 is 38.3. The standard InChI is InChI=1S/C12H14F3N3O/c1-7-5-9(16-2)8(6-17-7)10(19)18-11(3-4-11)12(13,14)15/h5-6H,3-4H2,1-2H3,(H,16,17)(H,18,19). The van der Waals surface area contributed by atoms with Gasteiger partial charge in [0.05, 0.1) is 11.3 Å². The van der Waals surface area contributed by atoms with Crippen LogP contribution in [0.1, 0.15) is 28.9 Å². The van der Waals surface area contributed by atoms with Crippen LogP contribution in [0.3, 0.4) is 0 Å². The van der Waals surface area contributed by atoms with Gasteiger partial charge in [-0.3, -0.25) is 9.78 Å². The number of aryl methyl sites for hydroxylation is 1. The van der Waals surface area contributed by atoms with E-state index in [0.29, 0.717) is 11.4 Å². The van der Waals surface area contributed by atoms with E-state index in [-0.39, 0.29) is 18.4 Å². The number of rotatable bonds is 3. The summed E-state index contributed by atoms with van der Waals surface area (Å²) in [5, 5.41) is 4.85. The van der Waals surface area contributed by atoms with Crippen molar-refractivity contribution in [2.75, 3.05) is 12.4 Å². The maximum absolute atomic E-state index is 12.8. The fraction of sp³-hybridized carbons (Fsp3) is 0.500. The number of pyridine rings is 1. The van der Waals surface area contributed by atoms with Crippen LogP contribution < -0.4 is 10.6 Å². The summed E-state index contributed by atoms with van der Waals surface area (Å²) in [6.07, 6.45) is -3.28.